The number of hydrogen-bond acceptors (Lipinski definition) is 4. The fraction of sp³-hybridized carbons (Fsp3) is 0.514. The van der Waals surface area contributed by atoms with Gasteiger partial charge in [-0.25, -0.2) is 4.98 Å². The fourth-order valence-electron chi connectivity index (χ4n) is 8.31. The summed E-state index contributed by atoms with van der Waals surface area (Å²) in [5, 5.41) is 1.20. The van der Waals surface area contributed by atoms with Crippen molar-refractivity contribution in [3.8, 4) is 17.3 Å². The van der Waals surface area contributed by atoms with Crippen LogP contribution in [-0.2, 0) is 18.4 Å². The van der Waals surface area contributed by atoms with Gasteiger partial charge in [0.2, 0.25) is 5.91 Å². The van der Waals surface area contributed by atoms with Crippen molar-refractivity contribution in [3.63, 3.8) is 0 Å². The number of amides is 2. The van der Waals surface area contributed by atoms with Gasteiger partial charge in [-0.15, -0.1) is 0 Å². The van der Waals surface area contributed by atoms with Crippen molar-refractivity contribution in [2.24, 2.45) is 24.8 Å². The van der Waals surface area contributed by atoms with Crippen molar-refractivity contribution in [2.75, 3.05) is 26.7 Å². The van der Waals surface area contributed by atoms with Crippen molar-refractivity contribution in [3.05, 3.63) is 47.5 Å². The first kappa shape index (κ1) is 26.8. The maximum Gasteiger partial charge on any atom is 0.254 e. The van der Waals surface area contributed by atoms with E-state index in [1.54, 1.807) is 14.0 Å². The molecule has 2 saturated heterocycles. The molecule has 4 fully saturated rings. The molecule has 4 aromatic rings. The normalized spacial score (nSPS) is 25.0. The Hall–Kier alpha value is -3.81. The molecular weight excluding hydrogens is 538 g/mol. The number of benzene rings is 2. The average Bonchev–Trinajstić information content (AvgIpc) is 3.34. The molecule has 2 saturated carbocycles. The topological polar surface area (TPSA) is 72.6 Å². The van der Waals surface area contributed by atoms with Crippen LogP contribution in [0.3, 0.4) is 0 Å². The van der Waals surface area contributed by atoms with Gasteiger partial charge in [0.15, 0.2) is 5.82 Å². The molecule has 8 rings (SSSR count). The Morgan fingerprint density at radius 2 is 1.86 bits per heavy atom. The van der Waals surface area contributed by atoms with E-state index in [9.17, 15) is 9.59 Å². The summed E-state index contributed by atoms with van der Waals surface area (Å²) in [5.74, 6) is 4.07. The zero-order chi connectivity index (χ0) is 29.6. The van der Waals surface area contributed by atoms with E-state index < -0.39 is 0 Å². The Kier molecular flexibility index (Phi) is 6.14. The van der Waals surface area contributed by atoms with E-state index in [2.05, 4.69) is 52.3 Å². The summed E-state index contributed by atoms with van der Waals surface area (Å²) in [6, 6.07) is 13.3. The molecule has 2 aliphatic heterocycles. The molecule has 224 valence electrons. The van der Waals surface area contributed by atoms with Gasteiger partial charge in [0.05, 0.1) is 18.3 Å². The third kappa shape index (κ3) is 4.27. The van der Waals surface area contributed by atoms with Gasteiger partial charge in [-0.2, -0.15) is 0 Å². The van der Waals surface area contributed by atoms with Crippen LogP contribution in [0.5, 0.6) is 5.75 Å². The third-order valence-corrected chi connectivity index (χ3v) is 11.1. The molecule has 3 unspecified atom stereocenters. The smallest absolute Gasteiger partial charge is 0.254 e. The molecule has 8 nitrogen and oxygen atoms in total. The highest BCUT2D eigenvalue weighted by molar-refractivity contribution is 6.00. The van der Waals surface area contributed by atoms with Crippen LogP contribution in [-0.4, -0.2) is 68.5 Å². The molecule has 8 heteroatoms. The van der Waals surface area contributed by atoms with E-state index in [-0.39, 0.29) is 11.8 Å². The number of aromatic nitrogens is 3. The van der Waals surface area contributed by atoms with Gasteiger partial charge in [-0.05, 0) is 79.7 Å². The predicted octanol–water partition coefficient (Wildman–Crippen LogP) is 5.82. The van der Waals surface area contributed by atoms with E-state index in [1.807, 2.05) is 17.0 Å². The Bertz CT molecular complexity index is 1780. The molecular formula is C35H41N5O3. The Balaban J connectivity index is 1.20. The van der Waals surface area contributed by atoms with Gasteiger partial charge in [0, 0.05) is 68.6 Å². The molecule has 4 atom stereocenters. The maximum absolute atomic E-state index is 13.8. The number of hydrogen-bond donors (Lipinski definition) is 0. The summed E-state index contributed by atoms with van der Waals surface area (Å²) in [4.78, 5) is 35.0. The van der Waals surface area contributed by atoms with Crippen LogP contribution >= 0.6 is 0 Å². The summed E-state index contributed by atoms with van der Waals surface area (Å²) >= 11 is 0. The molecule has 2 aromatic heterocycles. The predicted molar refractivity (Wildman–Crippen MR) is 167 cm³/mol. The molecule has 0 spiro atoms. The number of likely N-dealkylation sites (tertiary alicyclic amines) is 2. The summed E-state index contributed by atoms with van der Waals surface area (Å²) < 4.78 is 10.5. The van der Waals surface area contributed by atoms with Gasteiger partial charge in [0.25, 0.3) is 5.91 Å². The quantitative estimate of drug-likeness (QED) is 0.289. The van der Waals surface area contributed by atoms with Crippen molar-refractivity contribution in [1.29, 1.82) is 0 Å². The highest BCUT2D eigenvalue weighted by Crippen LogP contribution is 2.44. The van der Waals surface area contributed by atoms with Gasteiger partial charge < -0.3 is 23.7 Å². The molecule has 2 aliphatic carbocycles. The molecule has 4 aliphatic rings. The average molecular weight is 580 g/mol. The second-order valence-electron chi connectivity index (χ2n) is 13.6. The molecule has 2 aromatic carbocycles. The van der Waals surface area contributed by atoms with Crippen LogP contribution in [0.25, 0.3) is 33.5 Å². The largest absolute Gasteiger partial charge is 0.494 e. The van der Waals surface area contributed by atoms with Crippen molar-refractivity contribution in [1.82, 2.24) is 23.9 Å². The SMILES string of the molecule is COc1cc(C(=O)N2CC3CCC2[C@@H]3C)cc2nc(-c3cc4ccc(C5CCN(C(C)=O)C5)cc4n3CC3CC3)n(C)c12. The Morgan fingerprint density at radius 3 is 2.53 bits per heavy atom. The Labute approximate surface area is 252 Å². The van der Waals surface area contributed by atoms with Crippen molar-refractivity contribution < 1.29 is 14.3 Å². The molecule has 2 amide bonds. The first-order chi connectivity index (χ1) is 20.8. The monoisotopic (exact) mass is 579 g/mol. The number of nitrogens with zero attached hydrogens (tertiary/aromatic N) is 5. The maximum atomic E-state index is 13.8. The second kappa shape index (κ2) is 9.86. The molecule has 43 heavy (non-hydrogen) atoms. The zero-order valence-corrected chi connectivity index (χ0v) is 25.7. The van der Waals surface area contributed by atoms with Gasteiger partial charge in [-0.1, -0.05) is 19.1 Å². The summed E-state index contributed by atoms with van der Waals surface area (Å²) in [5.41, 5.74) is 5.98. The van der Waals surface area contributed by atoms with Crippen LogP contribution in [0.1, 0.15) is 67.8 Å². The van der Waals surface area contributed by atoms with E-state index >= 15 is 0 Å². The number of aryl methyl sites for hydroxylation is 1. The van der Waals surface area contributed by atoms with E-state index in [0.717, 1.165) is 61.6 Å². The summed E-state index contributed by atoms with van der Waals surface area (Å²) in [6.07, 6.45) is 5.86. The lowest BCUT2D eigenvalue weighted by Crippen LogP contribution is -2.38. The second-order valence-corrected chi connectivity index (χ2v) is 13.6. The number of carbonyl (C=O) groups excluding carboxylic acids is 2. The highest BCUT2D eigenvalue weighted by Gasteiger charge is 2.46. The minimum Gasteiger partial charge on any atom is -0.494 e. The lowest BCUT2D eigenvalue weighted by molar-refractivity contribution is -0.127. The summed E-state index contributed by atoms with van der Waals surface area (Å²) in [7, 11) is 3.73. The Morgan fingerprint density at radius 1 is 1.02 bits per heavy atom. The van der Waals surface area contributed by atoms with Gasteiger partial charge in [0.1, 0.15) is 11.3 Å². The number of carbonyl (C=O) groups is 2. The summed E-state index contributed by atoms with van der Waals surface area (Å²) in [6.45, 7) is 7.40. The van der Waals surface area contributed by atoms with Crippen LogP contribution in [0.2, 0.25) is 0 Å². The van der Waals surface area contributed by atoms with Crippen LogP contribution in [0.4, 0.5) is 0 Å². The van der Waals surface area contributed by atoms with Crippen LogP contribution < -0.4 is 4.74 Å². The fourth-order valence-corrected chi connectivity index (χ4v) is 8.31. The lowest BCUT2D eigenvalue weighted by Gasteiger charge is -2.27. The standard InChI is InChI=1S/C35H41N5O3/c1-20-25-9-10-29(20)40(19-25)35(42)27-13-28-33(32(16-27)43-4)37(3)34(36-28)31-15-24-8-7-23(26-11-12-38(18-26)21(2)41)14-30(24)39(31)17-22-5-6-22/h7-8,13-16,20,22,25-26,29H,5-6,9-12,17-19H2,1-4H3/t20-,25?,26?,29?/m1/s1. The van der Waals surface area contributed by atoms with Gasteiger partial charge in [-0.3, -0.25) is 9.59 Å². The van der Waals surface area contributed by atoms with Gasteiger partial charge >= 0.3 is 0 Å². The van der Waals surface area contributed by atoms with Crippen LogP contribution in [0, 0.1) is 17.8 Å². The number of methoxy groups -OCH3 is 1. The van der Waals surface area contributed by atoms with E-state index in [0.29, 0.717) is 41.0 Å². The minimum absolute atomic E-state index is 0.0945. The first-order valence-corrected chi connectivity index (χ1v) is 16.0. The lowest BCUT2D eigenvalue weighted by atomic mass is 9.97. The zero-order valence-electron chi connectivity index (χ0n) is 25.7. The minimum atomic E-state index is 0.0945. The molecule has 4 heterocycles. The van der Waals surface area contributed by atoms with E-state index in [4.69, 9.17) is 9.72 Å². The van der Waals surface area contributed by atoms with Crippen molar-refractivity contribution >= 4 is 33.8 Å². The number of imidazole rings is 1. The molecule has 0 radical (unpaired) electrons. The number of rotatable bonds is 6. The van der Waals surface area contributed by atoms with Crippen LogP contribution in [0.15, 0.2) is 36.4 Å². The highest BCUT2D eigenvalue weighted by atomic mass is 16.5. The number of ether oxygens (including phenoxy) is 1. The third-order valence-electron chi connectivity index (χ3n) is 11.1. The van der Waals surface area contributed by atoms with E-state index in [1.165, 1.54) is 35.7 Å². The first-order valence-electron chi connectivity index (χ1n) is 16.0. The number of piperidine rings is 1. The molecule has 2 bridgehead atoms. The molecule has 0 N–H and O–H groups in total. The van der Waals surface area contributed by atoms with Crippen molar-refractivity contribution in [2.45, 2.75) is 64.5 Å². The number of fused-ring (bicyclic) bond motifs is 4.